The molecule has 3 heteroatoms. The summed E-state index contributed by atoms with van der Waals surface area (Å²) in [6.45, 7) is 0. The minimum atomic E-state index is -0.285. The molecule has 2 atom stereocenters. The van der Waals surface area contributed by atoms with Crippen LogP contribution in [-0.2, 0) is 11.2 Å². The summed E-state index contributed by atoms with van der Waals surface area (Å²) in [6, 6.07) is 7.76. The molecule has 0 radical (unpaired) electrons. The van der Waals surface area contributed by atoms with Gasteiger partial charge in [0.15, 0.2) is 0 Å². The summed E-state index contributed by atoms with van der Waals surface area (Å²) in [7, 11) is 0. The Hall–Kier alpha value is -1.35. The van der Waals surface area contributed by atoms with Gasteiger partial charge in [-0.05, 0) is 24.0 Å². The van der Waals surface area contributed by atoms with Crippen molar-refractivity contribution >= 4 is 5.91 Å². The lowest BCUT2D eigenvalue weighted by molar-refractivity contribution is -0.122. The van der Waals surface area contributed by atoms with E-state index in [9.17, 15) is 4.79 Å². The van der Waals surface area contributed by atoms with Crippen LogP contribution in [0, 0.1) is 5.92 Å². The SMILES string of the molecule is NC(=O)C1CCc2ccccc2C1N. The predicted octanol–water partition coefficient (Wildman–Crippen LogP) is 0.734. The molecule has 4 N–H and O–H groups in total. The molecule has 1 amide bonds. The van der Waals surface area contributed by atoms with E-state index >= 15 is 0 Å². The molecule has 2 unspecified atom stereocenters. The molecule has 0 aromatic heterocycles. The number of amides is 1. The van der Waals surface area contributed by atoms with E-state index in [2.05, 4.69) is 6.07 Å². The Morgan fingerprint density at radius 3 is 2.79 bits per heavy atom. The van der Waals surface area contributed by atoms with E-state index in [0.717, 1.165) is 18.4 Å². The average Bonchev–Trinajstić information content (AvgIpc) is 2.18. The number of nitrogens with two attached hydrogens (primary N) is 2. The number of benzene rings is 1. The second-order valence-corrected chi connectivity index (χ2v) is 3.77. The van der Waals surface area contributed by atoms with Crippen molar-refractivity contribution in [3.8, 4) is 0 Å². The number of carbonyl (C=O) groups excluding carboxylic acids is 1. The second-order valence-electron chi connectivity index (χ2n) is 3.77. The zero-order valence-corrected chi connectivity index (χ0v) is 7.94. The van der Waals surface area contributed by atoms with Gasteiger partial charge in [-0.1, -0.05) is 24.3 Å². The fourth-order valence-corrected chi connectivity index (χ4v) is 2.11. The number of fused-ring (bicyclic) bond motifs is 1. The molecular formula is C11H14N2O. The quantitative estimate of drug-likeness (QED) is 0.685. The Bertz CT molecular complexity index is 362. The van der Waals surface area contributed by atoms with Crippen LogP contribution in [0.1, 0.15) is 23.6 Å². The maximum Gasteiger partial charge on any atom is 0.222 e. The zero-order chi connectivity index (χ0) is 10.1. The molecule has 74 valence electrons. The molecule has 1 aromatic carbocycles. The monoisotopic (exact) mass is 190 g/mol. The van der Waals surface area contributed by atoms with Gasteiger partial charge in [-0.3, -0.25) is 4.79 Å². The van der Waals surface area contributed by atoms with E-state index in [0.29, 0.717) is 0 Å². The first-order valence-corrected chi connectivity index (χ1v) is 4.83. The molecular weight excluding hydrogens is 176 g/mol. The average molecular weight is 190 g/mol. The minimum Gasteiger partial charge on any atom is -0.369 e. The van der Waals surface area contributed by atoms with Crippen molar-refractivity contribution in [3.05, 3.63) is 35.4 Å². The lowest BCUT2D eigenvalue weighted by Crippen LogP contribution is -2.36. The first-order valence-electron chi connectivity index (χ1n) is 4.83. The van der Waals surface area contributed by atoms with Crippen LogP contribution in [0.2, 0.25) is 0 Å². The molecule has 0 saturated heterocycles. The maximum atomic E-state index is 11.1. The summed E-state index contributed by atoms with van der Waals surface area (Å²) in [6.07, 6.45) is 1.67. The number of rotatable bonds is 1. The molecule has 0 spiro atoms. The fraction of sp³-hybridized carbons (Fsp3) is 0.364. The largest absolute Gasteiger partial charge is 0.369 e. The number of aryl methyl sites for hydroxylation is 1. The van der Waals surface area contributed by atoms with E-state index in [1.807, 2.05) is 18.2 Å². The number of hydrogen-bond acceptors (Lipinski definition) is 2. The van der Waals surface area contributed by atoms with Gasteiger partial charge in [0.2, 0.25) is 5.91 Å². The van der Waals surface area contributed by atoms with Crippen LogP contribution in [0.15, 0.2) is 24.3 Å². The highest BCUT2D eigenvalue weighted by atomic mass is 16.1. The molecule has 1 aromatic rings. The van der Waals surface area contributed by atoms with Gasteiger partial charge < -0.3 is 11.5 Å². The highest BCUT2D eigenvalue weighted by Crippen LogP contribution is 2.32. The topological polar surface area (TPSA) is 69.1 Å². The smallest absolute Gasteiger partial charge is 0.222 e. The zero-order valence-electron chi connectivity index (χ0n) is 7.94. The van der Waals surface area contributed by atoms with Crippen molar-refractivity contribution in [3.63, 3.8) is 0 Å². The first-order chi connectivity index (χ1) is 6.70. The van der Waals surface area contributed by atoms with Crippen molar-refractivity contribution in [2.45, 2.75) is 18.9 Å². The van der Waals surface area contributed by atoms with Crippen LogP contribution in [0.3, 0.4) is 0 Å². The van der Waals surface area contributed by atoms with Crippen LogP contribution in [0.25, 0.3) is 0 Å². The second kappa shape index (κ2) is 3.42. The van der Waals surface area contributed by atoms with E-state index in [4.69, 9.17) is 11.5 Å². The van der Waals surface area contributed by atoms with Crippen molar-refractivity contribution in [2.24, 2.45) is 17.4 Å². The third-order valence-electron chi connectivity index (χ3n) is 2.94. The van der Waals surface area contributed by atoms with Crippen LogP contribution in [-0.4, -0.2) is 5.91 Å². The minimum absolute atomic E-state index is 0.204. The molecule has 0 fully saturated rings. The molecule has 0 bridgehead atoms. The number of carbonyl (C=O) groups is 1. The molecule has 3 nitrogen and oxygen atoms in total. The summed E-state index contributed by atoms with van der Waals surface area (Å²) in [5.74, 6) is -0.489. The Morgan fingerprint density at radius 1 is 1.36 bits per heavy atom. The highest BCUT2D eigenvalue weighted by molar-refractivity contribution is 5.78. The van der Waals surface area contributed by atoms with E-state index < -0.39 is 0 Å². The van der Waals surface area contributed by atoms with Gasteiger partial charge in [0.05, 0.1) is 5.92 Å². The van der Waals surface area contributed by atoms with E-state index in [-0.39, 0.29) is 17.9 Å². The van der Waals surface area contributed by atoms with Gasteiger partial charge in [-0.25, -0.2) is 0 Å². The molecule has 1 aliphatic rings. The number of primary amides is 1. The normalized spacial score (nSPS) is 25.5. The van der Waals surface area contributed by atoms with Gasteiger partial charge in [0, 0.05) is 6.04 Å². The van der Waals surface area contributed by atoms with Gasteiger partial charge in [-0.15, -0.1) is 0 Å². The number of hydrogen-bond donors (Lipinski definition) is 2. The third kappa shape index (κ3) is 1.40. The molecule has 1 aliphatic carbocycles. The van der Waals surface area contributed by atoms with E-state index in [1.54, 1.807) is 0 Å². The first kappa shape index (κ1) is 9.21. The summed E-state index contributed by atoms with van der Waals surface area (Å²) >= 11 is 0. The molecule has 0 aliphatic heterocycles. The van der Waals surface area contributed by atoms with Crippen LogP contribution < -0.4 is 11.5 Å². The molecule has 0 heterocycles. The van der Waals surface area contributed by atoms with Gasteiger partial charge in [0.25, 0.3) is 0 Å². The van der Waals surface area contributed by atoms with Gasteiger partial charge in [0.1, 0.15) is 0 Å². The highest BCUT2D eigenvalue weighted by Gasteiger charge is 2.29. The van der Waals surface area contributed by atoms with E-state index in [1.165, 1.54) is 5.56 Å². The van der Waals surface area contributed by atoms with Crippen molar-refractivity contribution in [1.82, 2.24) is 0 Å². The third-order valence-corrected chi connectivity index (χ3v) is 2.94. The van der Waals surface area contributed by atoms with Crippen molar-refractivity contribution in [2.75, 3.05) is 0 Å². The Kier molecular flexibility index (Phi) is 2.25. The predicted molar refractivity (Wildman–Crippen MR) is 54.4 cm³/mol. The van der Waals surface area contributed by atoms with Crippen molar-refractivity contribution < 1.29 is 4.79 Å². The summed E-state index contributed by atoms with van der Waals surface area (Å²) in [5, 5.41) is 0. The summed E-state index contributed by atoms with van der Waals surface area (Å²) < 4.78 is 0. The summed E-state index contributed by atoms with van der Waals surface area (Å²) in [4.78, 5) is 11.1. The van der Waals surface area contributed by atoms with Gasteiger partial charge in [-0.2, -0.15) is 0 Å². The molecule has 14 heavy (non-hydrogen) atoms. The van der Waals surface area contributed by atoms with Crippen LogP contribution in [0.5, 0.6) is 0 Å². The maximum absolute atomic E-state index is 11.1. The lowest BCUT2D eigenvalue weighted by atomic mass is 9.80. The van der Waals surface area contributed by atoms with Crippen molar-refractivity contribution in [1.29, 1.82) is 0 Å². The summed E-state index contributed by atoms with van der Waals surface area (Å²) in [5.41, 5.74) is 13.6. The van der Waals surface area contributed by atoms with Gasteiger partial charge >= 0.3 is 0 Å². The Balaban J connectivity index is 2.36. The standard InChI is InChI=1S/C11H14N2O/c12-10-8-4-2-1-3-7(8)5-6-9(10)11(13)14/h1-4,9-10H,5-6,12H2,(H2,13,14). The fourth-order valence-electron chi connectivity index (χ4n) is 2.11. The van der Waals surface area contributed by atoms with Crippen LogP contribution in [0.4, 0.5) is 0 Å². The Labute approximate surface area is 83.1 Å². The Morgan fingerprint density at radius 2 is 2.07 bits per heavy atom. The molecule has 2 rings (SSSR count). The van der Waals surface area contributed by atoms with Crippen LogP contribution >= 0.6 is 0 Å². The molecule has 0 saturated carbocycles. The lowest BCUT2D eigenvalue weighted by Gasteiger charge is -2.28.